The second-order valence-corrected chi connectivity index (χ2v) is 5.54. The lowest BCUT2D eigenvalue weighted by Gasteiger charge is -2.20. The van der Waals surface area contributed by atoms with Crippen LogP contribution in [-0.4, -0.2) is 66.3 Å². The Bertz CT molecular complexity index is 288. The number of hydrogen-bond donors (Lipinski definition) is 4. The number of alkyl halides is 1. The minimum Gasteiger partial charge on any atom is -0.479 e. The summed E-state index contributed by atoms with van der Waals surface area (Å²) >= 11 is 0. The SMILES string of the molecule is CC(C)NCC(O)COCC(C)NCC(C)(F)C(=O)O. The molecule has 0 aliphatic rings. The van der Waals surface area contributed by atoms with E-state index in [2.05, 4.69) is 10.6 Å². The summed E-state index contributed by atoms with van der Waals surface area (Å²) in [7, 11) is 0. The van der Waals surface area contributed by atoms with Gasteiger partial charge in [-0.1, -0.05) is 13.8 Å². The van der Waals surface area contributed by atoms with E-state index in [0.29, 0.717) is 12.6 Å². The Labute approximate surface area is 119 Å². The van der Waals surface area contributed by atoms with Crippen molar-refractivity contribution in [2.45, 2.75) is 51.6 Å². The first kappa shape index (κ1) is 19.2. The molecule has 0 spiro atoms. The summed E-state index contributed by atoms with van der Waals surface area (Å²) in [5.41, 5.74) is -2.30. The second kappa shape index (κ2) is 9.23. The molecular weight excluding hydrogens is 267 g/mol. The molecular formula is C13H27FN2O4. The minimum absolute atomic E-state index is 0.178. The van der Waals surface area contributed by atoms with Gasteiger partial charge in [0, 0.05) is 25.2 Å². The Kier molecular flexibility index (Phi) is 8.88. The van der Waals surface area contributed by atoms with Gasteiger partial charge in [-0.3, -0.25) is 0 Å². The molecule has 0 radical (unpaired) electrons. The number of carbonyl (C=O) groups is 1. The first-order chi connectivity index (χ1) is 9.15. The number of hydrogen-bond acceptors (Lipinski definition) is 5. The Hall–Kier alpha value is -0.760. The first-order valence-electron chi connectivity index (χ1n) is 6.80. The number of aliphatic hydroxyl groups is 1. The highest BCUT2D eigenvalue weighted by Gasteiger charge is 2.32. The van der Waals surface area contributed by atoms with E-state index in [1.54, 1.807) is 6.92 Å². The maximum atomic E-state index is 13.4. The van der Waals surface area contributed by atoms with Crippen LogP contribution in [0.3, 0.4) is 0 Å². The number of aliphatic hydroxyl groups excluding tert-OH is 1. The number of aliphatic carboxylic acids is 1. The molecule has 0 saturated carbocycles. The van der Waals surface area contributed by atoms with E-state index < -0.39 is 17.7 Å². The lowest BCUT2D eigenvalue weighted by atomic mass is 10.1. The van der Waals surface area contributed by atoms with E-state index in [-0.39, 0.29) is 25.8 Å². The van der Waals surface area contributed by atoms with Crippen LogP contribution in [0.15, 0.2) is 0 Å². The topological polar surface area (TPSA) is 90.8 Å². The summed E-state index contributed by atoms with van der Waals surface area (Å²) in [6.45, 7) is 7.34. The van der Waals surface area contributed by atoms with Crippen molar-refractivity contribution in [3.63, 3.8) is 0 Å². The zero-order valence-electron chi connectivity index (χ0n) is 12.6. The third kappa shape index (κ3) is 9.19. The predicted octanol–water partition coefficient (Wildman–Crippen LogP) is 0.153. The van der Waals surface area contributed by atoms with Crippen molar-refractivity contribution in [3.05, 3.63) is 0 Å². The molecule has 0 aromatic heterocycles. The highest BCUT2D eigenvalue weighted by atomic mass is 19.1. The Morgan fingerprint density at radius 3 is 2.40 bits per heavy atom. The maximum absolute atomic E-state index is 13.4. The largest absolute Gasteiger partial charge is 0.479 e. The summed E-state index contributed by atoms with van der Waals surface area (Å²) < 4.78 is 18.7. The van der Waals surface area contributed by atoms with Gasteiger partial charge in [-0.15, -0.1) is 0 Å². The van der Waals surface area contributed by atoms with Crippen LogP contribution >= 0.6 is 0 Å². The zero-order valence-corrected chi connectivity index (χ0v) is 12.6. The molecule has 4 N–H and O–H groups in total. The van der Waals surface area contributed by atoms with Crippen molar-refractivity contribution in [3.8, 4) is 0 Å². The number of halogens is 1. The molecule has 120 valence electrons. The van der Waals surface area contributed by atoms with Gasteiger partial charge in [0.2, 0.25) is 5.67 Å². The van der Waals surface area contributed by atoms with Crippen molar-refractivity contribution in [2.75, 3.05) is 26.3 Å². The monoisotopic (exact) mass is 294 g/mol. The fourth-order valence-electron chi connectivity index (χ4n) is 1.31. The zero-order chi connectivity index (χ0) is 15.8. The molecule has 0 aromatic rings. The molecule has 0 aliphatic carbocycles. The van der Waals surface area contributed by atoms with E-state index in [1.165, 1.54) is 0 Å². The van der Waals surface area contributed by atoms with Crippen LogP contribution in [0.1, 0.15) is 27.7 Å². The van der Waals surface area contributed by atoms with Crippen LogP contribution < -0.4 is 10.6 Å². The second-order valence-electron chi connectivity index (χ2n) is 5.54. The van der Waals surface area contributed by atoms with E-state index >= 15 is 0 Å². The lowest BCUT2D eigenvalue weighted by Crippen LogP contribution is -2.45. The van der Waals surface area contributed by atoms with Gasteiger partial charge in [-0.05, 0) is 13.8 Å². The predicted molar refractivity (Wildman–Crippen MR) is 74.6 cm³/mol. The van der Waals surface area contributed by atoms with Gasteiger partial charge < -0.3 is 25.6 Å². The number of carboxylic acids is 1. The van der Waals surface area contributed by atoms with Crippen molar-refractivity contribution in [1.29, 1.82) is 0 Å². The molecule has 0 bridgehead atoms. The molecule has 0 aliphatic heterocycles. The lowest BCUT2D eigenvalue weighted by molar-refractivity contribution is -0.149. The molecule has 0 fully saturated rings. The van der Waals surface area contributed by atoms with Crippen molar-refractivity contribution in [1.82, 2.24) is 10.6 Å². The number of carboxylic acid groups (broad SMARTS) is 1. The highest BCUT2D eigenvalue weighted by molar-refractivity contribution is 5.77. The fraction of sp³-hybridized carbons (Fsp3) is 0.923. The van der Waals surface area contributed by atoms with Gasteiger partial charge in [0.25, 0.3) is 0 Å². The van der Waals surface area contributed by atoms with Crippen LogP contribution in [0.4, 0.5) is 4.39 Å². The summed E-state index contributed by atoms with van der Waals surface area (Å²) in [5, 5.41) is 24.0. The van der Waals surface area contributed by atoms with Crippen molar-refractivity contribution < 1.29 is 24.1 Å². The minimum atomic E-state index is -2.30. The van der Waals surface area contributed by atoms with Crippen LogP contribution in [0.2, 0.25) is 0 Å². The van der Waals surface area contributed by atoms with Crippen LogP contribution in [0.25, 0.3) is 0 Å². The van der Waals surface area contributed by atoms with Crippen LogP contribution in [-0.2, 0) is 9.53 Å². The molecule has 20 heavy (non-hydrogen) atoms. The van der Waals surface area contributed by atoms with Crippen molar-refractivity contribution in [2.24, 2.45) is 0 Å². The molecule has 0 aromatic carbocycles. The Morgan fingerprint density at radius 2 is 1.90 bits per heavy atom. The summed E-state index contributed by atoms with van der Waals surface area (Å²) in [4.78, 5) is 10.6. The summed E-state index contributed by atoms with van der Waals surface area (Å²) in [6.07, 6.45) is -0.602. The average Bonchev–Trinajstić information content (AvgIpc) is 2.34. The summed E-state index contributed by atoms with van der Waals surface area (Å²) in [6, 6.07) is 0.0955. The molecule has 0 heterocycles. The smallest absolute Gasteiger partial charge is 0.342 e. The van der Waals surface area contributed by atoms with Crippen molar-refractivity contribution >= 4 is 5.97 Å². The number of nitrogens with one attached hydrogen (secondary N) is 2. The Balaban J connectivity index is 3.73. The molecule has 6 nitrogen and oxygen atoms in total. The van der Waals surface area contributed by atoms with Gasteiger partial charge in [0.15, 0.2) is 0 Å². The summed E-state index contributed by atoms with van der Waals surface area (Å²) in [5.74, 6) is -1.49. The third-order valence-electron chi connectivity index (χ3n) is 2.67. The highest BCUT2D eigenvalue weighted by Crippen LogP contribution is 2.08. The quantitative estimate of drug-likeness (QED) is 0.434. The number of ether oxygens (including phenoxy) is 1. The van der Waals surface area contributed by atoms with E-state index in [9.17, 15) is 14.3 Å². The normalized spacial score (nSPS) is 17.8. The van der Waals surface area contributed by atoms with Gasteiger partial charge in [-0.25, -0.2) is 9.18 Å². The molecule has 3 unspecified atom stereocenters. The van der Waals surface area contributed by atoms with Gasteiger partial charge in [0.1, 0.15) is 0 Å². The van der Waals surface area contributed by atoms with E-state index in [1.807, 2.05) is 13.8 Å². The van der Waals surface area contributed by atoms with Crippen LogP contribution in [0.5, 0.6) is 0 Å². The average molecular weight is 294 g/mol. The molecule has 7 heteroatoms. The first-order valence-corrected chi connectivity index (χ1v) is 6.80. The molecule has 0 amide bonds. The molecule has 0 rings (SSSR count). The van der Waals surface area contributed by atoms with Gasteiger partial charge >= 0.3 is 5.97 Å². The molecule has 3 atom stereocenters. The van der Waals surface area contributed by atoms with E-state index in [0.717, 1.165) is 6.92 Å². The fourth-order valence-corrected chi connectivity index (χ4v) is 1.31. The van der Waals surface area contributed by atoms with Crippen LogP contribution in [0, 0.1) is 0 Å². The standard InChI is InChI=1S/C13H27FN2O4/c1-9(2)15-5-11(17)7-20-6-10(3)16-8-13(4,14)12(18)19/h9-11,15-17H,5-8H2,1-4H3,(H,18,19). The van der Waals surface area contributed by atoms with Gasteiger partial charge in [-0.2, -0.15) is 0 Å². The third-order valence-corrected chi connectivity index (χ3v) is 2.67. The number of rotatable bonds is 11. The van der Waals surface area contributed by atoms with Gasteiger partial charge in [0.05, 0.1) is 19.3 Å². The Morgan fingerprint density at radius 1 is 1.30 bits per heavy atom. The maximum Gasteiger partial charge on any atom is 0.342 e. The molecule has 0 saturated heterocycles. The van der Waals surface area contributed by atoms with E-state index in [4.69, 9.17) is 9.84 Å².